The Bertz CT molecular complexity index is 801. The highest BCUT2D eigenvalue weighted by atomic mass is 32.1. The average Bonchev–Trinajstić information content (AvgIpc) is 3.02. The van der Waals surface area contributed by atoms with Crippen LogP contribution in [0.4, 0.5) is 5.69 Å². The average molecular weight is 339 g/mol. The molecule has 0 spiro atoms. The number of hydrogen-bond acceptors (Lipinski definition) is 5. The predicted octanol–water partition coefficient (Wildman–Crippen LogP) is 3.61. The van der Waals surface area contributed by atoms with Gasteiger partial charge in [-0.1, -0.05) is 17.7 Å². The van der Waals surface area contributed by atoms with Gasteiger partial charge in [-0.2, -0.15) is 0 Å². The number of pyridine rings is 1. The zero-order valence-corrected chi connectivity index (χ0v) is 14.0. The molecule has 0 atom stereocenters. The first kappa shape index (κ1) is 16.1. The fraction of sp³-hybridized carbons (Fsp3) is 0.167. The molecule has 0 unspecified atom stereocenters. The van der Waals surface area contributed by atoms with Crippen LogP contribution in [0.5, 0.6) is 5.75 Å². The predicted molar refractivity (Wildman–Crippen MR) is 94.2 cm³/mol. The number of nitrogens with one attached hydrogen (secondary N) is 1. The second-order valence-electron chi connectivity index (χ2n) is 5.30. The summed E-state index contributed by atoms with van der Waals surface area (Å²) in [4.78, 5) is 20.4. The number of carbonyl (C=O) groups excluding carboxylic acids is 1. The van der Waals surface area contributed by atoms with Gasteiger partial charge < -0.3 is 10.1 Å². The Hall–Kier alpha value is -2.73. The van der Waals surface area contributed by atoms with E-state index < -0.39 is 0 Å². The number of carbonyl (C=O) groups is 1. The molecule has 1 aromatic carbocycles. The zero-order chi connectivity index (χ0) is 16.8. The molecule has 0 saturated heterocycles. The number of anilines is 1. The van der Waals surface area contributed by atoms with Crippen molar-refractivity contribution in [1.29, 1.82) is 0 Å². The van der Waals surface area contributed by atoms with Crippen LogP contribution in [0.3, 0.4) is 0 Å². The third-order valence-corrected chi connectivity index (χ3v) is 4.16. The van der Waals surface area contributed by atoms with Crippen molar-refractivity contribution in [3.63, 3.8) is 0 Å². The van der Waals surface area contributed by atoms with Crippen molar-refractivity contribution in [3.05, 3.63) is 70.4 Å². The van der Waals surface area contributed by atoms with Crippen molar-refractivity contribution in [2.45, 2.75) is 20.0 Å². The summed E-state index contributed by atoms with van der Waals surface area (Å²) >= 11 is 1.49. The van der Waals surface area contributed by atoms with Crippen molar-refractivity contribution < 1.29 is 9.53 Å². The number of aryl methyl sites for hydroxylation is 1. The number of thiazole rings is 1. The topological polar surface area (TPSA) is 64.1 Å². The Morgan fingerprint density at radius 3 is 2.67 bits per heavy atom. The van der Waals surface area contributed by atoms with Crippen LogP contribution in [-0.2, 0) is 17.8 Å². The van der Waals surface area contributed by atoms with Gasteiger partial charge in [0.2, 0.25) is 5.91 Å². The van der Waals surface area contributed by atoms with Crippen molar-refractivity contribution in [2.24, 2.45) is 0 Å². The second kappa shape index (κ2) is 7.70. The van der Waals surface area contributed by atoms with Crippen molar-refractivity contribution >= 4 is 22.9 Å². The highest BCUT2D eigenvalue weighted by Gasteiger charge is 2.08. The van der Waals surface area contributed by atoms with Crippen molar-refractivity contribution in [3.8, 4) is 5.75 Å². The Morgan fingerprint density at radius 1 is 1.17 bits per heavy atom. The molecule has 24 heavy (non-hydrogen) atoms. The molecule has 0 fully saturated rings. The number of aromatic nitrogens is 2. The van der Waals surface area contributed by atoms with E-state index in [9.17, 15) is 4.79 Å². The molecular formula is C18H17N3O2S. The lowest BCUT2D eigenvalue weighted by molar-refractivity contribution is -0.115. The van der Waals surface area contributed by atoms with Gasteiger partial charge in [0.1, 0.15) is 17.4 Å². The lowest BCUT2D eigenvalue weighted by atomic mass is 10.2. The molecular weight excluding hydrogens is 322 g/mol. The van der Waals surface area contributed by atoms with Crippen LogP contribution in [0.2, 0.25) is 0 Å². The monoisotopic (exact) mass is 339 g/mol. The molecule has 0 saturated carbocycles. The summed E-state index contributed by atoms with van der Waals surface area (Å²) in [6.45, 7) is 2.44. The standard InChI is InChI=1S/C18H17N3O2S/c1-13-2-4-16(5-3-13)23-11-18-21-15(12-24-18)10-17(22)20-14-6-8-19-9-7-14/h2-9,12H,10-11H2,1H3,(H,19,20,22). The first-order valence-corrected chi connectivity index (χ1v) is 8.39. The smallest absolute Gasteiger partial charge is 0.230 e. The maximum atomic E-state index is 12.0. The Kier molecular flexibility index (Phi) is 5.18. The molecule has 3 rings (SSSR count). The van der Waals surface area contributed by atoms with E-state index in [4.69, 9.17) is 4.74 Å². The molecule has 0 aliphatic rings. The number of benzene rings is 1. The lowest BCUT2D eigenvalue weighted by Crippen LogP contribution is -2.14. The lowest BCUT2D eigenvalue weighted by Gasteiger charge is -2.04. The molecule has 1 amide bonds. The first-order chi connectivity index (χ1) is 11.7. The quantitative estimate of drug-likeness (QED) is 0.745. The SMILES string of the molecule is Cc1ccc(OCc2nc(CC(=O)Nc3ccncc3)cs2)cc1. The molecule has 5 nitrogen and oxygen atoms in total. The van der Waals surface area contributed by atoms with Gasteiger partial charge in [-0.3, -0.25) is 9.78 Å². The number of hydrogen-bond donors (Lipinski definition) is 1. The van der Waals surface area contributed by atoms with E-state index >= 15 is 0 Å². The van der Waals surface area contributed by atoms with Crippen LogP contribution in [0, 0.1) is 6.92 Å². The fourth-order valence-electron chi connectivity index (χ4n) is 2.08. The minimum atomic E-state index is -0.0995. The molecule has 1 N–H and O–H groups in total. The third-order valence-electron chi connectivity index (χ3n) is 3.29. The molecule has 3 aromatic rings. The van der Waals surface area contributed by atoms with Crippen LogP contribution in [0.15, 0.2) is 54.2 Å². The third kappa shape index (κ3) is 4.63. The fourth-order valence-corrected chi connectivity index (χ4v) is 2.79. The number of rotatable bonds is 6. The van der Waals surface area contributed by atoms with Crippen LogP contribution >= 0.6 is 11.3 Å². The van der Waals surface area contributed by atoms with E-state index in [1.807, 2.05) is 36.6 Å². The van der Waals surface area contributed by atoms with E-state index in [1.54, 1.807) is 24.5 Å². The minimum absolute atomic E-state index is 0.0995. The number of ether oxygens (including phenoxy) is 1. The molecule has 0 bridgehead atoms. The van der Waals surface area contributed by atoms with E-state index in [-0.39, 0.29) is 12.3 Å². The summed E-state index contributed by atoms with van der Waals surface area (Å²) in [6, 6.07) is 11.4. The summed E-state index contributed by atoms with van der Waals surface area (Å²) in [7, 11) is 0. The number of amides is 1. The Morgan fingerprint density at radius 2 is 1.92 bits per heavy atom. The van der Waals surface area contributed by atoms with Gasteiger partial charge in [-0.15, -0.1) is 11.3 Å². The highest BCUT2D eigenvalue weighted by Crippen LogP contribution is 2.16. The van der Waals surface area contributed by atoms with E-state index in [0.29, 0.717) is 6.61 Å². The minimum Gasteiger partial charge on any atom is -0.486 e. The zero-order valence-electron chi connectivity index (χ0n) is 13.2. The summed E-state index contributed by atoms with van der Waals surface area (Å²) in [6.07, 6.45) is 3.52. The van der Waals surface area contributed by atoms with Crippen LogP contribution < -0.4 is 10.1 Å². The highest BCUT2D eigenvalue weighted by molar-refractivity contribution is 7.09. The normalized spacial score (nSPS) is 10.4. The van der Waals surface area contributed by atoms with Gasteiger partial charge in [0.25, 0.3) is 0 Å². The molecule has 0 aliphatic carbocycles. The number of nitrogens with zero attached hydrogens (tertiary/aromatic N) is 2. The molecule has 0 radical (unpaired) electrons. The summed E-state index contributed by atoms with van der Waals surface area (Å²) in [5.74, 6) is 0.713. The first-order valence-electron chi connectivity index (χ1n) is 7.52. The summed E-state index contributed by atoms with van der Waals surface area (Å²) < 4.78 is 5.70. The Balaban J connectivity index is 1.51. The van der Waals surface area contributed by atoms with Gasteiger partial charge >= 0.3 is 0 Å². The molecule has 6 heteroatoms. The molecule has 2 aromatic heterocycles. The summed E-state index contributed by atoms with van der Waals surface area (Å²) in [5, 5.41) is 5.56. The van der Waals surface area contributed by atoms with Crippen LogP contribution in [-0.4, -0.2) is 15.9 Å². The van der Waals surface area contributed by atoms with Gasteiger partial charge in [0.15, 0.2) is 0 Å². The second-order valence-corrected chi connectivity index (χ2v) is 6.24. The largest absolute Gasteiger partial charge is 0.486 e. The van der Waals surface area contributed by atoms with E-state index in [2.05, 4.69) is 15.3 Å². The maximum Gasteiger partial charge on any atom is 0.230 e. The molecule has 0 aliphatic heterocycles. The van der Waals surface area contributed by atoms with Gasteiger partial charge in [-0.25, -0.2) is 4.98 Å². The van der Waals surface area contributed by atoms with Crippen LogP contribution in [0.1, 0.15) is 16.3 Å². The van der Waals surface area contributed by atoms with Crippen molar-refractivity contribution in [1.82, 2.24) is 9.97 Å². The van der Waals surface area contributed by atoms with Crippen LogP contribution in [0.25, 0.3) is 0 Å². The van der Waals surface area contributed by atoms with Crippen molar-refractivity contribution in [2.75, 3.05) is 5.32 Å². The maximum absolute atomic E-state index is 12.0. The molecule has 122 valence electrons. The van der Waals surface area contributed by atoms with Gasteiger partial charge in [0, 0.05) is 23.5 Å². The van der Waals surface area contributed by atoms with E-state index in [1.165, 1.54) is 16.9 Å². The van der Waals surface area contributed by atoms with E-state index in [0.717, 1.165) is 22.1 Å². The van der Waals surface area contributed by atoms with Gasteiger partial charge in [-0.05, 0) is 31.2 Å². The molecule has 2 heterocycles. The summed E-state index contributed by atoms with van der Waals surface area (Å²) in [5.41, 5.74) is 2.67. The Labute approximate surface area is 144 Å². The van der Waals surface area contributed by atoms with Gasteiger partial charge in [0.05, 0.1) is 12.1 Å².